The van der Waals surface area contributed by atoms with Crippen LogP contribution >= 0.6 is 0 Å². The van der Waals surface area contributed by atoms with Crippen LogP contribution in [-0.4, -0.2) is 30.0 Å². The van der Waals surface area contributed by atoms with Gasteiger partial charge < -0.3 is 20.0 Å². The summed E-state index contributed by atoms with van der Waals surface area (Å²) in [6.45, 7) is -1.11. The van der Waals surface area contributed by atoms with Gasteiger partial charge in [0.25, 0.3) is 5.69 Å². The molecular weight excluding hydrogens is 244 g/mol. The highest BCUT2D eigenvalue weighted by Crippen LogP contribution is 2.15. The summed E-state index contributed by atoms with van der Waals surface area (Å²) in [7, 11) is 0. The van der Waals surface area contributed by atoms with Gasteiger partial charge in [-0.1, -0.05) is 0 Å². The Balaban J connectivity index is 2.44. The maximum atomic E-state index is 11.2. The first-order chi connectivity index (χ1) is 8.49. The Morgan fingerprint density at radius 1 is 1.22 bits per heavy atom. The third-order valence-electron chi connectivity index (χ3n) is 1.81. The van der Waals surface area contributed by atoms with Gasteiger partial charge in [0, 0.05) is 17.8 Å². The Morgan fingerprint density at radius 3 is 2.33 bits per heavy atom. The minimum Gasteiger partial charge on any atom is -0.548 e. The van der Waals surface area contributed by atoms with Gasteiger partial charge in [0.15, 0.2) is 0 Å². The van der Waals surface area contributed by atoms with Gasteiger partial charge in [0.1, 0.15) is 6.61 Å². The number of benzene rings is 1. The summed E-state index contributed by atoms with van der Waals surface area (Å²) in [6.07, 6.45) is 0. The molecule has 1 amide bonds. The number of non-ortho nitro benzene ring substituents is 1. The largest absolute Gasteiger partial charge is 0.548 e. The van der Waals surface area contributed by atoms with E-state index in [1.807, 2.05) is 0 Å². The fraction of sp³-hybridized carbons (Fsp3) is 0.200. The molecule has 1 N–H and O–H groups in total. The number of rotatable bonds is 6. The van der Waals surface area contributed by atoms with Crippen molar-refractivity contribution in [3.05, 3.63) is 34.4 Å². The third-order valence-corrected chi connectivity index (χ3v) is 1.81. The summed E-state index contributed by atoms with van der Waals surface area (Å²) in [5, 5.41) is 22.8. The third kappa shape index (κ3) is 4.58. The van der Waals surface area contributed by atoms with Crippen LogP contribution in [0.5, 0.6) is 0 Å². The summed E-state index contributed by atoms with van der Waals surface area (Å²) in [4.78, 5) is 31.1. The second-order valence-corrected chi connectivity index (χ2v) is 3.22. The fourth-order valence-electron chi connectivity index (χ4n) is 1.09. The lowest BCUT2D eigenvalue weighted by atomic mass is 10.3. The molecule has 0 bridgehead atoms. The standard InChI is InChI=1S/C10H10N2O6/c13-9(5-18-6-10(14)15)11-7-1-3-8(4-2-7)12(16)17/h1-4H,5-6H2,(H,11,13)(H,14,15)/p-1. The van der Waals surface area contributed by atoms with Crippen molar-refractivity contribution in [1.29, 1.82) is 0 Å². The molecule has 0 aromatic heterocycles. The first-order valence-electron chi connectivity index (χ1n) is 4.81. The number of amides is 1. The van der Waals surface area contributed by atoms with Crippen molar-refractivity contribution < 1.29 is 24.4 Å². The molecule has 1 aromatic carbocycles. The number of nitrogens with zero attached hydrogens (tertiary/aromatic N) is 1. The highest BCUT2D eigenvalue weighted by Gasteiger charge is 2.06. The molecule has 1 aromatic rings. The Morgan fingerprint density at radius 2 is 1.83 bits per heavy atom. The van der Waals surface area contributed by atoms with Gasteiger partial charge in [0.2, 0.25) is 5.91 Å². The summed E-state index contributed by atoms with van der Waals surface area (Å²) >= 11 is 0. The highest BCUT2D eigenvalue weighted by molar-refractivity contribution is 5.91. The predicted octanol–water partition coefficient (Wildman–Crippen LogP) is -0.700. The van der Waals surface area contributed by atoms with Crippen molar-refractivity contribution in [3.8, 4) is 0 Å². The van der Waals surface area contributed by atoms with Gasteiger partial charge in [-0.25, -0.2) is 0 Å². The maximum Gasteiger partial charge on any atom is 0.269 e. The normalized spacial score (nSPS) is 9.78. The van der Waals surface area contributed by atoms with Crippen LogP contribution in [0.2, 0.25) is 0 Å². The van der Waals surface area contributed by atoms with Crippen LogP contribution in [0.15, 0.2) is 24.3 Å². The number of carbonyl (C=O) groups is 2. The summed E-state index contributed by atoms with van der Waals surface area (Å²) in [5.74, 6) is -1.98. The smallest absolute Gasteiger partial charge is 0.269 e. The van der Waals surface area contributed by atoms with Crippen LogP contribution in [0, 0.1) is 10.1 Å². The van der Waals surface area contributed by atoms with E-state index in [0.29, 0.717) is 5.69 Å². The summed E-state index contributed by atoms with van der Waals surface area (Å²) < 4.78 is 4.51. The number of ether oxygens (including phenoxy) is 1. The van der Waals surface area contributed by atoms with Gasteiger partial charge in [-0.3, -0.25) is 14.9 Å². The van der Waals surface area contributed by atoms with E-state index in [9.17, 15) is 24.8 Å². The Labute approximate surface area is 101 Å². The quantitative estimate of drug-likeness (QED) is 0.528. The first kappa shape index (κ1) is 13.6. The van der Waals surface area contributed by atoms with Gasteiger partial charge in [-0.2, -0.15) is 0 Å². The van der Waals surface area contributed by atoms with E-state index in [-0.39, 0.29) is 5.69 Å². The van der Waals surface area contributed by atoms with Gasteiger partial charge in [0.05, 0.1) is 17.5 Å². The zero-order valence-electron chi connectivity index (χ0n) is 9.12. The number of carbonyl (C=O) groups excluding carboxylic acids is 2. The molecular formula is C10H9N2O6-. The van der Waals surface area contributed by atoms with Crippen molar-refractivity contribution in [2.75, 3.05) is 18.5 Å². The van der Waals surface area contributed by atoms with Crippen LogP contribution in [0.25, 0.3) is 0 Å². The molecule has 18 heavy (non-hydrogen) atoms. The van der Waals surface area contributed by atoms with E-state index in [1.165, 1.54) is 24.3 Å². The zero-order chi connectivity index (χ0) is 13.5. The van der Waals surface area contributed by atoms with Crippen molar-refractivity contribution >= 4 is 23.3 Å². The number of carboxylic acid groups (broad SMARTS) is 1. The summed E-state index contributed by atoms with van der Waals surface area (Å²) in [5.41, 5.74) is 0.254. The zero-order valence-corrected chi connectivity index (χ0v) is 9.12. The average Bonchev–Trinajstić information content (AvgIpc) is 2.29. The number of carboxylic acids is 1. The van der Waals surface area contributed by atoms with Crippen LogP contribution < -0.4 is 10.4 Å². The molecule has 0 saturated carbocycles. The number of nitro benzene ring substituents is 1. The van der Waals surface area contributed by atoms with E-state index in [0.717, 1.165) is 0 Å². The molecule has 96 valence electrons. The molecule has 8 heteroatoms. The number of hydrogen-bond acceptors (Lipinski definition) is 6. The topological polar surface area (TPSA) is 122 Å². The maximum absolute atomic E-state index is 11.2. The minimum atomic E-state index is -1.42. The van der Waals surface area contributed by atoms with Crippen molar-refractivity contribution in [2.45, 2.75) is 0 Å². The second-order valence-electron chi connectivity index (χ2n) is 3.22. The molecule has 0 atom stereocenters. The number of nitrogens with one attached hydrogen (secondary N) is 1. The van der Waals surface area contributed by atoms with Crippen molar-refractivity contribution in [2.24, 2.45) is 0 Å². The lowest BCUT2D eigenvalue weighted by Gasteiger charge is -2.06. The fourth-order valence-corrected chi connectivity index (χ4v) is 1.09. The Bertz CT molecular complexity index is 456. The Kier molecular flexibility index (Phi) is 4.76. The predicted molar refractivity (Wildman–Crippen MR) is 57.6 cm³/mol. The molecule has 0 saturated heterocycles. The summed E-state index contributed by atoms with van der Waals surface area (Å²) in [6, 6.07) is 5.18. The van der Waals surface area contributed by atoms with Crippen LogP contribution in [0.1, 0.15) is 0 Å². The number of hydrogen-bond donors (Lipinski definition) is 1. The van der Waals surface area contributed by atoms with E-state index in [2.05, 4.69) is 10.1 Å². The molecule has 0 aliphatic carbocycles. The molecule has 0 radical (unpaired) electrons. The Hall–Kier alpha value is -2.48. The molecule has 0 aliphatic heterocycles. The lowest BCUT2D eigenvalue weighted by Crippen LogP contribution is -2.29. The van der Waals surface area contributed by atoms with Gasteiger partial charge >= 0.3 is 0 Å². The molecule has 0 fully saturated rings. The monoisotopic (exact) mass is 253 g/mol. The van der Waals surface area contributed by atoms with E-state index in [1.54, 1.807) is 0 Å². The van der Waals surface area contributed by atoms with Gasteiger partial charge in [-0.05, 0) is 12.1 Å². The molecule has 0 heterocycles. The number of nitro groups is 1. The van der Waals surface area contributed by atoms with Crippen LogP contribution in [0.3, 0.4) is 0 Å². The van der Waals surface area contributed by atoms with Crippen LogP contribution in [-0.2, 0) is 14.3 Å². The van der Waals surface area contributed by atoms with Crippen LogP contribution in [0.4, 0.5) is 11.4 Å². The van der Waals surface area contributed by atoms with E-state index < -0.39 is 30.0 Å². The molecule has 0 unspecified atom stereocenters. The second kappa shape index (κ2) is 6.30. The molecule has 8 nitrogen and oxygen atoms in total. The van der Waals surface area contributed by atoms with E-state index in [4.69, 9.17) is 0 Å². The van der Waals surface area contributed by atoms with Gasteiger partial charge in [-0.15, -0.1) is 0 Å². The number of anilines is 1. The van der Waals surface area contributed by atoms with E-state index >= 15 is 0 Å². The average molecular weight is 253 g/mol. The van der Waals surface area contributed by atoms with Crippen molar-refractivity contribution in [1.82, 2.24) is 0 Å². The van der Waals surface area contributed by atoms with Crippen molar-refractivity contribution in [3.63, 3.8) is 0 Å². The number of aliphatic carboxylic acids is 1. The highest BCUT2D eigenvalue weighted by atomic mass is 16.6. The minimum absolute atomic E-state index is 0.0961. The SMILES string of the molecule is O=C([O-])COCC(=O)Nc1ccc([N+](=O)[O-])cc1. The lowest BCUT2D eigenvalue weighted by molar-refractivity contribution is -0.384. The molecule has 1 rings (SSSR count). The molecule has 0 aliphatic rings. The molecule has 0 spiro atoms. The first-order valence-corrected chi connectivity index (χ1v) is 4.81.